The van der Waals surface area contributed by atoms with Crippen LogP contribution in [0.15, 0.2) is 52.9 Å². The Balaban J connectivity index is 1.69. The topological polar surface area (TPSA) is 64.0 Å². The number of thiophene rings is 2. The Hall–Kier alpha value is -2.77. The molecule has 1 N–H and O–H groups in total. The van der Waals surface area contributed by atoms with Gasteiger partial charge in [0.1, 0.15) is 4.83 Å². The average molecular weight is 438 g/mol. The van der Waals surface area contributed by atoms with Gasteiger partial charge in [-0.25, -0.2) is 4.98 Å². The second-order valence-electron chi connectivity index (χ2n) is 7.31. The number of amides is 1. The number of hydrogen-bond donors (Lipinski definition) is 1. The minimum absolute atomic E-state index is 0.130. The maximum absolute atomic E-state index is 13.2. The first-order valence-electron chi connectivity index (χ1n) is 9.87. The Labute approximate surface area is 183 Å². The summed E-state index contributed by atoms with van der Waals surface area (Å²) in [5.41, 5.74) is 2.89. The molecule has 0 saturated carbocycles. The predicted molar refractivity (Wildman–Crippen MR) is 124 cm³/mol. The third-order valence-corrected chi connectivity index (χ3v) is 7.31. The highest BCUT2D eigenvalue weighted by Gasteiger charge is 2.23. The van der Waals surface area contributed by atoms with E-state index in [-0.39, 0.29) is 17.5 Å². The van der Waals surface area contributed by atoms with E-state index in [0.717, 1.165) is 23.3 Å². The van der Waals surface area contributed by atoms with Gasteiger partial charge in [0, 0.05) is 11.9 Å². The lowest BCUT2D eigenvalue weighted by Crippen LogP contribution is -2.28. The van der Waals surface area contributed by atoms with Crippen LogP contribution in [0.2, 0.25) is 0 Å². The van der Waals surface area contributed by atoms with Gasteiger partial charge in [0.05, 0.1) is 22.6 Å². The van der Waals surface area contributed by atoms with E-state index in [2.05, 4.69) is 41.5 Å². The molecule has 7 heteroatoms. The van der Waals surface area contributed by atoms with Gasteiger partial charge in [-0.2, -0.15) is 0 Å². The van der Waals surface area contributed by atoms with Crippen LogP contribution in [-0.4, -0.2) is 15.5 Å². The zero-order chi connectivity index (χ0) is 21.3. The number of nitrogens with zero attached hydrogens (tertiary/aromatic N) is 2. The first kappa shape index (κ1) is 20.5. The Morgan fingerprint density at radius 1 is 1.23 bits per heavy atom. The molecule has 1 amide bonds. The number of aromatic nitrogens is 2. The Bertz CT molecular complexity index is 1240. The van der Waals surface area contributed by atoms with Gasteiger partial charge in [0.25, 0.3) is 11.5 Å². The first-order chi connectivity index (χ1) is 14.5. The molecule has 0 aliphatic heterocycles. The Morgan fingerprint density at radius 3 is 2.67 bits per heavy atom. The molecule has 3 aromatic heterocycles. The lowest BCUT2D eigenvalue weighted by Gasteiger charge is -2.18. The monoisotopic (exact) mass is 437 g/mol. The van der Waals surface area contributed by atoms with E-state index in [1.54, 1.807) is 18.4 Å². The van der Waals surface area contributed by atoms with Crippen LogP contribution in [0.3, 0.4) is 0 Å². The molecule has 0 spiro atoms. The summed E-state index contributed by atoms with van der Waals surface area (Å²) in [6.07, 6.45) is 3.64. The van der Waals surface area contributed by atoms with E-state index >= 15 is 0 Å². The summed E-state index contributed by atoms with van der Waals surface area (Å²) in [7, 11) is 1.67. The van der Waals surface area contributed by atoms with E-state index in [0.29, 0.717) is 20.7 Å². The van der Waals surface area contributed by atoms with E-state index in [9.17, 15) is 9.59 Å². The maximum Gasteiger partial charge on any atom is 0.262 e. The van der Waals surface area contributed by atoms with Crippen LogP contribution in [0.5, 0.6) is 0 Å². The van der Waals surface area contributed by atoms with E-state index in [4.69, 9.17) is 0 Å². The van der Waals surface area contributed by atoms with Gasteiger partial charge in [-0.15, -0.1) is 22.7 Å². The molecule has 0 saturated heterocycles. The van der Waals surface area contributed by atoms with Crippen molar-refractivity contribution >= 4 is 38.8 Å². The normalized spacial score (nSPS) is 12.2. The van der Waals surface area contributed by atoms with Crippen LogP contribution < -0.4 is 10.9 Å². The number of fused-ring (bicyclic) bond motifs is 1. The lowest BCUT2D eigenvalue weighted by molar-refractivity contribution is 0.0947. The quantitative estimate of drug-likeness (QED) is 0.470. The molecule has 4 rings (SSSR count). The van der Waals surface area contributed by atoms with Crippen LogP contribution in [0.25, 0.3) is 10.2 Å². The molecular formula is C23H23N3O2S2. The van der Waals surface area contributed by atoms with Gasteiger partial charge in [0.15, 0.2) is 0 Å². The van der Waals surface area contributed by atoms with Crippen molar-refractivity contribution in [3.8, 4) is 0 Å². The number of nitrogens with one attached hydrogen (secondary N) is 1. The molecule has 0 aliphatic carbocycles. The summed E-state index contributed by atoms with van der Waals surface area (Å²) in [5.74, 6) is -0.186. The fourth-order valence-corrected chi connectivity index (χ4v) is 5.41. The largest absolute Gasteiger partial charge is 0.340 e. The summed E-state index contributed by atoms with van der Waals surface area (Å²) >= 11 is 2.88. The zero-order valence-electron chi connectivity index (χ0n) is 17.1. The number of carbonyl (C=O) groups excluding carboxylic acids is 1. The van der Waals surface area contributed by atoms with Crippen molar-refractivity contribution in [1.82, 2.24) is 14.9 Å². The van der Waals surface area contributed by atoms with Gasteiger partial charge in [-0.3, -0.25) is 9.59 Å². The molecule has 0 fully saturated rings. The van der Waals surface area contributed by atoms with Crippen molar-refractivity contribution in [3.05, 3.63) is 84.9 Å². The second kappa shape index (κ2) is 8.53. The summed E-state index contributed by atoms with van der Waals surface area (Å²) in [6, 6.07) is 12.2. The van der Waals surface area contributed by atoms with Gasteiger partial charge in [-0.1, -0.05) is 43.7 Å². The van der Waals surface area contributed by atoms with Crippen LogP contribution in [0.4, 0.5) is 0 Å². The molecule has 30 heavy (non-hydrogen) atoms. The molecule has 5 nitrogen and oxygen atoms in total. The summed E-state index contributed by atoms with van der Waals surface area (Å²) in [6.45, 7) is 3.98. The second-order valence-corrected chi connectivity index (χ2v) is 9.29. The average Bonchev–Trinajstić information content (AvgIpc) is 3.38. The van der Waals surface area contributed by atoms with Gasteiger partial charge in [0.2, 0.25) is 0 Å². The highest BCUT2D eigenvalue weighted by atomic mass is 32.1. The number of carbonyl (C=O) groups is 1. The lowest BCUT2D eigenvalue weighted by atomic mass is 10.0. The molecule has 1 unspecified atom stereocenters. The minimum atomic E-state index is -0.242. The molecule has 0 aliphatic rings. The summed E-state index contributed by atoms with van der Waals surface area (Å²) in [5, 5.41) is 5.72. The first-order valence-corrected chi connectivity index (χ1v) is 11.6. The van der Waals surface area contributed by atoms with Gasteiger partial charge >= 0.3 is 0 Å². The molecule has 4 aromatic rings. The molecule has 154 valence electrons. The van der Waals surface area contributed by atoms with Crippen LogP contribution in [0, 0.1) is 6.92 Å². The Morgan fingerprint density at radius 2 is 2.00 bits per heavy atom. The summed E-state index contributed by atoms with van der Waals surface area (Å²) in [4.78, 5) is 32.3. The predicted octanol–water partition coefficient (Wildman–Crippen LogP) is 4.84. The minimum Gasteiger partial charge on any atom is -0.340 e. The number of aryl methyl sites for hydroxylation is 3. The van der Waals surface area contributed by atoms with Crippen molar-refractivity contribution in [2.75, 3.05) is 0 Å². The third kappa shape index (κ3) is 3.82. The highest BCUT2D eigenvalue weighted by molar-refractivity contribution is 7.20. The number of hydrogen-bond acceptors (Lipinski definition) is 5. The fraction of sp³-hybridized carbons (Fsp3) is 0.261. The van der Waals surface area contributed by atoms with Crippen molar-refractivity contribution in [2.45, 2.75) is 32.7 Å². The van der Waals surface area contributed by atoms with E-state index < -0.39 is 0 Å². The van der Waals surface area contributed by atoms with E-state index in [1.807, 2.05) is 24.4 Å². The fourth-order valence-electron chi connectivity index (χ4n) is 3.56. The third-order valence-electron chi connectivity index (χ3n) is 5.17. The Kier molecular flexibility index (Phi) is 5.83. The number of rotatable bonds is 6. The van der Waals surface area contributed by atoms with Crippen molar-refractivity contribution in [3.63, 3.8) is 0 Å². The maximum atomic E-state index is 13.2. The van der Waals surface area contributed by atoms with Gasteiger partial charge < -0.3 is 9.88 Å². The van der Waals surface area contributed by atoms with Crippen molar-refractivity contribution in [2.24, 2.45) is 7.05 Å². The highest BCUT2D eigenvalue weighted by Crippen LogP contribution is 2.30. The van der Waals surface area contributed by atoms with Crippen LogP contribution in [0.1, 0.15) is 50.6 Å². The molecular weight excluding hydrogens is 414 g/mol. The molecule has 1 atom stereocenters. The standard InChI is InChI=1S/C23H23N3O2S2/c1-4-6-15-8-10-16(11-9-15)19(17-7-5-12-29-17)25-21(27)20-14(2)18-22(30-20)24-13-26(3)23(18)28/h5,7-13,19H,4,6H2,1-3H3,(H,25,27). The zero-order valence-corrected chi connectivity index (χ0v) is 18.8. The molecule has 0 radical (unpaired) electrons. The van der Waals surface area contributed by atoms with Crippen molar-refractivity contribution in [1.29, 1.82) is 0 Å². The van der Waals surface area contributed by atoms with Crippen LogP contribution in [-0.2, 0) is 13.5 Å². The molecule has 1 aromatic carbocycles. The molecule has 3 heterocycles. The SMILES string of the molecule is CCCc1ccc(C(NC(=O)c2sc3ncn(C)c(=O)c3c2C)c2cccs2)cc1. The smallest absolute Gasteiger partial charge is 0.262 e. The number of benzene rings is 1. The summed E-state index contributed by atoms with van der Waals surface area (Å²) < 4.78 is 1.44. The van der Waals surface area contributed by atoms with Crippen molar-refractivity contribution < 1.29 is 4.79 Å². The van der Waals surface area contributed by atoms with E-state index in [1.165, 1.54) is 27.8 Å². The van der Waals surface area contributed by atoms with Gasteiger partial charge in [-0.05, 0) is 41.5 Å². The molecule has 0 bridgehead atoms. The van der Waals surface area contributed by atoms with Crippen LogP contribution >= 0.6 is 22.7 Å².